The molecule has 3 amide bonds. The number of aliphatic hydroxyl groups excluding tert-OH is 1. The van der Waals surface area contributed by atoms with Gasteiger partial charge in [-0.1, -0.05) is 27.7 Å². The molecule has 160 valence electrons. The van der Waals surface area contributed by atoms with Crippen molar-refractivity contribution >= 4 is 17.7 Å². The minimum atomic E-state index is -0.833. The molecule has 1 aliphatic rings. The lowest BCUT2D eigenvalue weighted by Gasteiger charge is -2.31. The Morgan fingerprint density at radius 3 is 2.24 bits per heavy atom. The highest BCUT2D eigenvalue weighted by atomic mass is 16.3. The monoisotopic (exact) mass is 405 g/mol. The van der Waals surface area contributed by atoms with E-state index in [-0.39, 0.29) is 36.0 Å². The Balaban J connectivity index is 2.11. The SMILES string of the molecule is CC(C)[C@H](NC(=O)c1cnccn1)C(=O)N[C@H](C(=O)N1C[C@H](O)C[C@H]1C)C(C)C. The van der Waals surface area contributed by atoms with Crippen LogP contribution in [0.3, 0.4) is 0 Å². The van der Waals surface area contributed by atoms with Gasteiger partial charge in [0, 0.05) is 25.0 Å². The van der Waals surface area contributed by atoms with E-state index in [2.05, 4.69) is 20.6 Å². The average Bonchev–Trinajstić information content (AvgIpc) is 3.01. The normalized spacial score (nSPS) is 21.2. The van der Waals surface area contributed by atoms with Gasteiger partial charge >= 0.3 is 0 Å². The lowest BCUT2D eigenvalue weighted by Crippen LogP contribution is -2.57. The number of nitrogens with zero attached hydrogens (tertiary/aromatic N) is 3. The van der Waals surface area contributed by atoms with Crippen LogP contribution in [0.15, 0.2) is 18.6 Å². The van der Waals surface area contributed by atoms with Gasteiger partial charge in [0.05, 0.1) is 12.3 Å². The quantitative estimate of drug-likeness (QED) is 0.601. The van der Waals surface area contributed by atoms with Crippen molar-refractivity contribution in [3.63, 3.8) is 0 Å². The minimum absolute atomic E-state index is 0.0899. The van der Waals surface area contributed by atoms with Crippen LogP contribution in [0.25, 0.3) is 0 Å². The summed E-state index contributed by atoms with van der Waals surface area (Å²) in [6.45, 7) is 9.46. The molecule has 1 saturated heterocycles. The Hall–Kier alpha value is -2.55. The Bertz CT molecular complexity index is 725. The fraction of sp³-hybridized carbons (Fsp3) is 0.650. The molecule has 1 aromatic heterocycles. The Morgan fingerprint density at radius 2 is 1.76 bits per heavy atom. The number of β-amino-alcohol motifs (C(OH)–C–C–N with tert-alkyl or cyclic N) is 1. The number of hydrogen-bond acceptors (Lipinski definition) is 6. The first-order chi connectivity index (χ1) is 13.6. The van der Waals surface area contributed by atoms with Gasteiger partial charge in [-0.2, -0.15) is 0 Å². The van der Waals surface area contributed by atoms with Gasteiger partial charge in [0.2, 0.25) is 11.8 Å². The van der Waals surface area contributed by atoms with Gasteiger partial charge < -0.3 is 20.6 Å². The number of rotatable bonds is 7. The summed E-state index contributed by atoms with van der Waals surface area (Å²) in [5.74, 6) is -1.52. The average molecular weight is 405 g/mol. The molecule has 1 aliphatic heterocycles. The fourth-order valence-electron chi connectivity index (χ4n) is 3.41. The molecule has 0 saturated carbocycles. The maximum atomic E-state index is 13.0. The summed E-state index contributed by atoms with van der Waals surface area (Å²) >= 11 is 0. The molecule has 29 heavy (non-hydrogen) atoms. The van der Waals surface area contributed by atoms with Crippen LogP contribution in [0.4, 0.5) is 0 Å². The van der Waals surface area contributed by atoms with Crippen molar-refractivity contribution in [1.29, 1.82) is 0 Å². The summed E-state index contributed by atoms with van der Waals surface area (Å²) in [7, 11) is 0. The summed E-state index contributed by atoms with van der Waals surface area (Å²) in [6, 6.07) is -1.67. The van der Waals surface area contributed by atoms with Crippen molar-refractivity contribution in [2.45, 2.75) is 65.3 Å². The van der Waals surface area contributed by atoms with E-state index in [1.807, 2.05) is 34.6 Å². The lowest BCUT2D eigenvalue weighted by atomic mass is 9.99. The molecule has 0 aliphatic carbocycles. The molecule has 9 heteroatoms. The summed E-state index contributed by atoms with van der Waals surface area (Å²) in [6.07, 6.45) is 4.15. The molecule has 9 nitrogen and oxygen atoms in total. The number of nitrogens with one attached hydrogen (secondary N) is 2. The van der Waals surface area contributed by atoms with E-state index in [4.69, 9.17) is 0 Å². The van der Waals surface area contributed by atoms with Gasteiger partial charge in [-0.15, -0.1) is 0 Å². The maximum Gasteiger partial charge on any atom is 0.272 e. The second-order valence-electron chi connectivity index (χ2n) is 8.25. The van der Waals surface area contributed by atoms with Crippen LogP contribution in [0.1, 0.15) is 51.5 Å². The Labute approximate surface area is 171 Å². The van der Waals surface area contributed by atoms with Crippen molar-refractivity contribution < 1.29 is 19.5 Å². The van der Waals surface area contributed by atoms with E-state index >= 15 is 0 Å². The largest absolute Gasteiger partial charge is 0.391 e. The van der Waals surface area contributed by atoms with Crippen molar-refractivity contribution in [3.8, 4) is 0 Å². The van der Waals surface area contributed by atoms with Gasteiger partial charge in [-0.05, 0) is 25.2 Å². The van der Waals surface area contributed by atoms with Crippen LogP contribution in [-0.2, 0) is 9.59 Å². The summed E-state index contributed by atoms with van der Waals surface area (Å²) < 4.78 is 0. The number of aromatic nitrogens is 2. The minimum Gasteiger partial charge on any atom is -0.391 e. The van der Waals surface area contributed by atoms with Crippen LogP contribution < -0.4 is 10.6 Å². The van der Waals surface area contributed by atoms with E-state index in [0.717, 1.165) is 0 Å². The van der Waals surface area contributed by atoms with Gasteiger partial charge in [-0.3, -0.25) is 19.4 Å². The molecule has 0 unspecified atom stereocenters. The van der Waals surface area contributed by atoms with Crippen LogP contribution in [0.5, 0.6) is 0 Å². The van der Waals surface area contributed by atoms with E-state index in [1.54, 1.807) is 4.90 Å². The molecule has 2 rings (SSSR count). The first-order valence-corrected chi connectivity index (χ1v) is 9.97. The molecular weight excluding hydrogens is 374 g/mol. The van der Waals surface area contributed by atoms with Crippen molar-refractivity contribution in [2.75, 3.05) is 6.54 Å². The smallest absolute Gasteiger partial charge is 0.272 e. The summed E-state index contributed by atoms with van der Waals surface area (Å²) in [5, 5.41) is 15.3. The molecule has 0 bridgehead atoms. The lowest BCUT2D eigenvalue weighted by molar-refractivity contribution is -0.139. The van der Waals surface area contributed by atoms with Gasteiger partial charge in [-0.25, -0.2) is 4.98 Å². The molecule has 2 heterocycles. The predicted octanol–water partition coefficient (Wildman–Crippen LogP) is 0.354. The molecule has 0 aromatic carbocycles. The van der Waals surface area contributed by atoms with Crippen LogP contribution in [0.2, 0.25) is 0 Å². The molecule has 4 atom stereocenters. The molecule has 0 radical (unpaired) electrons. The molecule has 1 aromatic rings. The zero-order valence-corrected chi connectivity index (χ0v) is 17.6. The van der Waals surface area contributed by atoms with Crippen molar-refractivity contribution in [3.05, 3.63) is 24.3 Å². The first kappa shape index (κ1) is 22.7. The third-order valence-corrected chi connectivity index (χ3v) is 5.10. The third kappa shape index (κ3) is 5.72. The predicted molar refractivity (Wildman–Crippen MR) is 107 cm³/mol. The third-order valence-electron chi connectivity index (χ3n) is 5.10. The standard InChI is InChI=1S/C20H31N5O4/c1-11(2)16(23-18(27)15-9-21-6-7-22-15)19(28)24-17(12(3)4)20(29)25-10-14(26)8-13(25)5/h6-7,9,11-14,16-17,26H,8,10H2,1-5H3,(H,23,27)(H,24,28)/t13-,14-,16+,17+/m1/s1. The van der Waals surface area contributed by atoms with Crippen LogP contribution in [0, 0.1) is 11.8 Å². The second kappa shape index (κ2) is 9.78. The number of carbonyl (C=O) groups excluding carboxylic acids is 3. The van der Waals surface area contributed by atoms with E-state index in [0.29, 0.717) is 6.42 Å². The highest BCUT2D eigenvalue weighted by Gasteiger charge is 2.38. The topological polar surface area (TPSA) is 125 Å². The zero-order valence-electron chi connectivity index (χ0n) is 17.6. The summed E-state index contributed by atoms with van der Waals surface area (Å²) in [5.41, 5.74) is 0.113. The number of likely N-dealkylation sites (tertiary alicyclic amines) is 1. The highest BCUT2D eigenvalue weighted by Crippen LogP contribution is 2.20. The molecule has 3 N–H and O–H groups in total. The number of hydrogen-bond donors (Lipinski definition) is 3. The fourth-order valence-corrected chi connectivity index (χ4v) is 3.41. The molecular formula is C20H31N5O4. The van der Waals surface area contributed by atoms with Crippen molar-refractivity contribution in [2.24, 2.45) is 11.8 Å². The van der Waals surface area contributed by atoms with Gasteiger partial charge in [0.25, 0.3) is 5.91 Å². The second-order valence-corrected chi connectivity index (χ2v) is 8.25. The van der Waals surface area contributed by atoms with E-state index in [1.165, 1.54) is 18.6 Å². The first-order valence-electron chi connectivity index (χ1n) is 9.97. The van der Waals surface area contributed by atoms with Crippen LogP contribution in [-0.4, -0.2) is 68.5 Å². The van der Waals surface area contributed by atoms with Crippen molar-refractivity contribution in [1.82, 2.24) is 25.5 Å². The number of amides is 3. The molecule has 0 spiro atoms. The maximum absolute atomic E-state index is 13.0. The van der Waals surface area contributed by atoms with Gasteiger partial charge in [0.15, 0.2) is 0 Å². The summed E-state index contributed by atoms with van der Waals surface area (Å²) in [4.78, 5) is 47.8. The van der Waals surface area contributed by atoms with Crippen LogP contribution >= 0.6 is 0 Å². The number of carbonyl (C=O) groups is 3. The van der Waals surface area contributed by atoms with Gasteiger partial charge in [0.1, 0.15) is 17.8 Å². The Kier molecular flexibility index (Phi) is 7.66. The van der Waals surface area contributed by atoms with E-state index < -0.39 is 30.0 Å². The highest BCUT2D eigenvalue weighted by molar-refractivity contribution is 5.97. The zero-order chi connectivity index (χ0) is 21.7. The molecule has 1 fully saturated rings. The van der Waals surface area contributed by atoms with E-state index in [9.17, 15) is 19.5 Å². The Morgan fingerprint density at radius 1 is 1.10 bits per heavy atom. The number of aliphatic hydroxyl groups is 1.